The second-order valence-electron chi connectivity index (χ2n) is 6.44. The monoisotopic (exact) mass is 290 g/mol. The molecule has 0 spiro atoms. The second-order valence-corrected chi connectivity index (χ2v) is 6.44. The van der Waals surface area contributed by atoms with Crippen molar-refractivity contribution in [2.24, 2.45) is 5.92 Å². The van der Waals surface area contributed by atoms with Crippen LogP contribution in [0.3, 0.4) is 0 Å². The van der Waals surface area contributed by atoms with Crippen molar-refractivity contribution in [3.05, 3.63) is 23.8 Å². The SMILES string of the molecule is CNC(C)c1c(OC)cccc1N(C)C1CCCC(C)C1. The minimum absolute atomic E-state index is 0.277. The number of rotatable bonds is 5. The first-order chi connectivity index (χ1) is 10.1. The van der Waals surface area contributed by atoms with E-state index in [2.05, 4.69) is 49.3 Å². The predicted molar refractivity (Wildman–Crippen MR) is 90.3 cm³/mol. The molecule has 0 aromatic heterocycles. The van der Waals surface area contributed by atoms with Crippen LogP contribution in [0.15, 0.2) is 18.2 Å². The molecule has 0 heterocycles. The lowest BCUT2D eigenvalue weighted by atomic mass is 9.86. The van der Waals surface area contributed by atoms with Gasteiger partial charge in [0.05, 0.1) is 7.11 Å². The smallest absolute Gasteiger partial charge is 0.125 e. The van der Waals surface area contributed by atoms with Crippen molar-refractivity contribution in [3.63, 3.8) is 0 Å². The molecule has 0 saturated heterocycles. The van der Waals surface area contributed by atoms with Gasteiger partial charge in [0, 0.05) is 30.4 Å². The van der Waals surface area contributed by atoms with Crippen LogP contribution in [0.25, 0.3) is 0 Å². The van der Waals surface area contributed by atoms with Gasteiger partial charge in [-0.2, -0.15) is 0 Å². The molecule has 1 N–H and O–H groups in total. The Bertz CT molecular complexity index is 461. The fourth-order valence-corrected chi connectivity index (χ4v) is 3.55. The molecule has 1 aromatic carbocycles. The summed E-state index contributed by atoms with van der Waals surface area (Å²) in [6.07, 6.45) is 5.31. The number of nitrogens with zero attached hydrogens (tertiary/aromatic N) is 1. The molecule has 0 aliphatic heterocycles. The van der Waals surface area contributed by atoms with Crippen molar-refractivity contribution in [1.82, 2.24) is 5.32 Å². The van der Waals surface area contributed by atoms with Crippen LogP contribution in [-0.2, 0) is 0 Å². The van der Waals surface area contributed by atoms with Crippen LogP contribution in [0, 0.1) is 5.92 Å². The number of anilines is 1. The summed E-state index contributed by atoms with van der Waals surface area (Å²) in [6, 6.07) is 7.31. The highest BCUT2D eigenvalue weighted by Gasteiger charge is 2.25. The lowest BCUT2D eigenvalue weighted by molar-refractivity contribution is 0.335. The van der Waals surface area contributed by atoms with Gasteiger partial charge in [0.1, 0.15) is 5.75 Å². The molecule has 21 heavy (non-hydrogen) atoms. The molecule has 2 rings (SSSR count). The standard InChI is InChI=1S/C18H30N2O/c1-13-8-6-9-15(12-13)20(4)16-10-7-11-17(21-5)18(16)14(2)19-3/h7,10-11,13-15,19H,6,8-9,12H2,1-5H3. The quantitative estimate of drug-likeness (QED) is 0.887. The maximum atomic E-state index is 5.60. The highest BCUT2D eigenvalue weighted by molar-refractivity contribution is 5.61. The van der Waals surface area contributed by atoms with Crippen molar-refractivity contribution < 1.29 is 4.74 Å². The first-order valence-electron chi connectivity index (χ1n) is 8.15. The molecule has 1 aliphatic carbocycles. The van der Waals surface area contributed by atoms with Gasteiger partial charge in [0.25, 0.3) is 0 Å². The van der Waals surface area contributed by atoms with E-state index < -0.39 is 0 Å². The summed E-state index contributed by atoms with van der Waals surface area (Å²) in [5.74, 6) is 1.81. The number of nitrogens with one attached hydrogen (secondary N) is 1. The molecule has 118 valence electrons. The van der Waals surface area contributed by atoms with Crippen LogP contribution in [0.5, 0.6) is 5.75 Å². The average Bonchev–Trinajstić information content (AvgIpc) is 2.52. The first kappa shape index (κ1) is 16.2. The zero-order chi connectivity index (χ0) is 15.4. The third kappa shape index (κ3) is 3.52. The van der Waals surface area contributed by atoms with Gasteiger partial charge in [-0.15, -0.1) is 0 Å². The van der Waals surface area contributed by atoms with Gasteiger partial charge in [-0.1, -0.05) is 25.8 Å². The molecule has 3 heteroatoms. The zero-order valence-corrected chi connectivity index (χ0v) is 14.1. The molecular formula is C18H30N2O. The van der Waals surface area contributed by atoms with Crippen molar-refractivity contribution in [2.45, 2.75) is 51.6 Å². The van der Waals surface area contributed by atoms with Crippen LogP contribution in [0.4, 0.5) is 5.69 Å². The van der Waals surface area contributed by atoms with Crippen LogP contribution in [-0.4, -0.2) is 27.2 Å². The molecule has 0 amide bonds. The van der Waals surface area contributed by atoms with E-state index in [-0.39, 0.29) is 6.04 Å². The lowest BCUT2D eigenvalue weighted by Crippen LogP contribution is -2.36. The molecule has 1 saturated carbocycles. The number of ether oxygens (including phenoxy) is 1. The Morgan fingerprint density at radius 1 is 1.33 bits per heavy atom. The summed E-state index contributed by atoms with van der Waals surface area (Å²) >= 11 is 0. The van der Waals surface area contributed by atoms with Crippen molar-refractivity contribution >= 4 is 5.69 Å². The minimum atomic E-state index is 0.277. The van der Waals surface area contributed by atoms with Gasteiger partial charge >= 0.3 is 0 Å². The summed E-state index contributed by atoms with van der Waals surface area (Å²) in [4.78, 5) is 2.47. The van der Waals surface area contributed by atoms with Crippen molar-refractivity contribution in [2.75, 3.05) is 26.1 Å². The molecule has 1 aromatic rings. The van der Waals surface area contributed by atoms with E-state index in [4.69, 9.17) is 4.74 Å². The summed E-state index contributed by atoms with van der Waals surface area (Å²) < 4.78 is 5.60. The van der Waals surface area contributed by atoms with E-state index in [9.17, 15) is 0 Å². The minimum Gasteiger partial charge on any atom is -0.496 e. The Hall–Kier alpha value is -1.22. The maximum absolute atomic E-state index is 5.60. The van der Waals surface area contributed by atoms with E-state index in [1.165, 1.54) is 36.9 Å². The van der Waals surface area contributed by atoms with Crippen LogP contribution >= 0.6 is 0 Å². The van der Waals surface area contributed by atoms with Crippen LogP contribution in [0.2, 0.25) is 0 Å². The summed E-state index contributed by atoms with van der Waals surface area (Å²) in [5.41, 5.74) is 2.57. The molecule has 0 radical (unpaired) electrons. The fraction of sp³-hybridized carbons (Fsp3) is 0.667. The number of hydrogen-bond donors (Lipinski definition) is 1. The topological polar surface area (TPSA) is 24.5 Å². The largest absolute Gasteiger partial charge is 0.496 e. The van der Waals surface area contributed by atoms with Crippen molar-refractivity contribution in [1.29, 1.82) is 0 Å². The molecule has 1 aliphatic rings. The van der Waals surface area contributed by atoms with Gasteiger partial charge in [-0.3, -0.25) is 0 Å². The van der Waals surface area contributed by atoms with E-state index >= 15 is 0 Å². The predicted octanol–water partition coefficient (Wildman–Crippen LogP) is 3.99. The number of methoxy groups -OCH3 is 1. The van der Waals surface area contributed by atoms with Crippen LogP contribution < -0.4 is 15.0 Å². The zero-order valence-electron chi connectivity index (χ0n) is 14.1. The molecule has 1 fully saturated rings. The highest BCUT2D eigenvalue weighted by atomic mass is 16.5. The van der Waals surface area contributed by atoms with E-state index in [1.807, 2.05) is 7.05 Å². The van der Waals surface area contributed by atoms with Crippen LogP contribution in [0.1, 0.15) is 51.1 Å². The molecule has 3 nitrogen and oxygen atoms in total. The van der Waals surface area contributed by atoms with E-state index in [0.29, 0.717) is 6.04 Å². The molecular weight excluding hydrogens is 260 g/mol. The van der Waals surface area contributed by atoms with Gasteiger partial charge in [-0.25, -0.2) is 0 Å². The Balaban J connectivity index is 2.33. The molecule has 0 bridgehead atoms. The van der Waals surface area contributed by atoms with Gasteiger partial charge in [0.15, 0.2) is 0 Å². The maximum Gasteiger partial charge on any atom is 0.125 e. The second kappa shape index (κ2) is 7.17. The van der Waals surface area contributed by atoms with Gasteiger partial charge in [-0.05, 0) is 44.9 Å². The Kier molecular flexibility index (Phi) is 5.51. The first-order valence-corrected chi connectivity index (χ1v) is 8.15. The lowest BCUT2D eigenvalue weighted by Gasteiger charge is -2.37. The van der Waals surface area contributed by atoms with Crippen molar-refractivity contribution in [3.8, 4) is 5.75 Å². The molecule has 3 atom stereocenters. The molecule has 3 unspecified atom stereocenters. The van der Waals surface area contributed by atoms with Gasteiger partial charge in [0.2, 0.25) is 0 Å². The van der Waals surface area contributed by atoms with E-state index in [0.717, 1.165) is 11.7 Å². The summed E-state index contributed by atoms with van der Waals surface area (Å²) in [6.45, 7) is 4.57. The van der Waals surface area contributed by atoms with E-state index in [1.54, 1.807) is 7.11 Å². The third-order valence-corrected chi connectivity index (χ3v) is 4.97. The number of hydrogen-bond acceptors (Lipinski definition) is 3. The summed E-state index contributed by atoms with van der Waals surface area (Å²) in [7, 11) is 6.00. The normalized spacial score (nSPS) is 23.7. The third-order valence-electron chi connectivity index (χ3n) is 4.97. The Morgan fingerprint density at radius 3 is 2.71 bits per heavy atom. The van der Waals surface area contributed by atoms with Gasteiger partial charge < -0.3 is 15.0 Å². The Morgan fingerprint density at radius 2 is 2.10 bits per heavy atom. The average molecular weight is 290 g/mol. The number of benzene rings is 1. The Labute approximate surface area is 129 Å². The summed E-state index contributed by atoms with van der Waals surface area (Å²) in [5, 5.41) is 3.36. The fourth-order valence-electron chi connectivity index (χ4n) is 3.55. The highest BCUT2D eigenvalue weighted by Crippen LogP contribution is 2.37.